The van der Waals surface area contributed by atoms with Crippen LogP contribution in [0.15, 0.2) is 22.7 Å². The van der Waals surface area contributed by atoms with Gasteiger partial charge >= 0.3 is 0 Å². The number of quaternary nitrogens is 1. The normalized spacial score (nSPS) is 25.6. The molecule has 1 aromatic rings. The van der Waals surface area contributed by atoms with Gasteiger partial charge in [0.1, 0.15) is 25.3 Å². The molecule has 0 radical (unpaired) electrons. The Morgan fingerprint density at radius 1 is 1.38 bits per heavy atom. The molecule has 0 saturated carbocycles. The third kappa shape index (κ3) is 5.09. The Morgan fingerprint density at radius 2 is 2.05 bits per heavy atom. The molecule has 1 amide bonds. The number of amides is 1. The van der Waals surface area contributed by atoms with Gasteiger partial charge in [0.15, 0.2) is 0 Å². The van der Waals surface area contributed by atoms with Gasteiger partial charge in [-0.2, -0.15) is 0 Å². The molecule has 4 nitrogen and oxygen atoms in total. The van der Waals surface area contributed by atoms with Crippen LogP contribution in [0.5, 0.6) is 0 Å². The molecule has 0 bridgehead atoms. The molecule has 2 rings (SSSR count). The fourth-order valence-corrected chi connectivity index (χ4v) is 3.08. The number of morpholine rings is 1. The molecule has 2 atom stereocenters. The molecule has 1 aromatic carbocycles. The number of halogens is 1. The van der Waals surface area contributed by atoms with Crippen molar-refractivity contribution in [2.45, 2.75) is 39.4 Å². The lowest BCUT2D eigenvalue weighted by molar-refractivity contribution is -0.914. The summed E-state index contributed by atoms with van der Waals surface area (Å²) in [6, 6.07) is 5.86. The molecule has 1 aliphatic heterocycles. The van der Waals surface area contributed by atoms with Crippen molar-refractivity contribution in [2.75, 3.05) is 25.0 Å². The molecule has 1 heterocycles. The Labute approximate surface area is 135 Å². The highest BCUT2D eigenvalue weighted by atomic mass is 79.9. The Balaban J connectivity index is 1.80. The second-order valence-corrected chi connectivity index (χ2v) is 6.78. The molecule has 1 fully saturated rings. The van der Waals surface area contributed by atoms with Gasteiger partial charge in [0.05, 0.1) is 13.0 Å². The number of anilines is 1. The Kier molecular flexibility index (Phi) is 5.79. The van der Waals surface area contributed by atoms with Crippen molar-refractivity contribution >= 4 is 27.5 Å². The van der Waals surface area contributed by atoms with Gasteiger partial charge in [-0.15, -0.1) is 0 Å². The van der Waals surface area contributed by atoms with E-state index in [1.54, 1.807) is 0 Å². The first kappa shape index (κ1) is 16.5. The molecule has 116 valence electrons. The predicted molar refractivity (Wildman–Crippen MR) is 87.7 cm³/mol. The summed E-state index contributed by atoms with van der Waals surface area (Å²) >= 11 is 3.46. The smallest absolute Gasteiger partial charge is 0.230 e. The third-order valence-corrected chi connectivity index (χ3v) is 4.65. The maximum atomic E-state index is 12.0. The van der Waals surface area contributed by atoms with E-state index in [1.165, 1.54) is 4.90 Å². The van der Waals surface area contributed by atoms with Gasteiger partial charge in [0.2, 0.25) is 5.91 Å². The van der Waals surface area contributed by atoms with Crippen molar-refractivity contribution in [3.63, 3.8) is 0 Å². The zero-order chi connectivity index (χ0) is 15.4. The average Bonchev–Trinajstić information content (AvgIpc) is 2.40. The zero-order valence-electron chi connectivity index (χ0n) is 12.9. The highest BCUT2D eigenvalue weighted by molar-refractivity contribution is 9.10. The van der Waals surface area contributed by atoms with Gasteiger partial charge < -0.3 is 15.0 Å². The van der Waals surface area contributed by atoms with E-state index in [-0.39, 0.29) is 18.1 Å². The lowest BCUT2D eigenvalue weighted by Crippen LogP contribution is -3.15. The molecule has 5 heteroatoms. The number of carbonyl (C=O) groups excluding carboxylic acids is 1. The molecule has 0 aromatic heterocycles. The number of ether oxygens (including phenoxy) is 1. The molecular weight excluding hydrogens is 332 g/mol. The summed E-state index contributed by atoms with van der Waals surface area (Å²) in [5, 5.41) is 2.97. The Hall–Kier alpha value is -0.910. The van der Waals surface area contributed by atoms with Crippen molar-refractivity contribution in [3.05, 3.63) is 28.2 Å². The fourth-order valence-electron chi connectivity index (χ4n) is 2.83. The summed E-state index contributed by atoms with van der Waals surface area (Å²) in [5.74, 6) is 0.0796. The van der Waals surface area contributed by atoms with Gasteiger partial charge in [-0.05, 0) is 44.5 Å². The topological polar surface area (TPSA) is 42.8 Å². The molecule has 1 saturated heterocycles. The number of hydrogen-bond donors (Lipinski definition) is 2. The summed E-state index contributed by atoms with van der Waals surface area (Å²) in [6.45, 7) is 9.03. The minimum atomic E-state index is 0.0796. The van der Waals surface area contributed by atoms with Crippen molar-refractivity contribution < 1.29 is 14.4 Å². The first-order valence-electron chi connectivity index (χ1n) is 7.49. The van der Waals surface area contributed by atoms with Crippen LogP contribution < -0.4 is 10.2 Å². The maximum absolute atomic E-state index is 12.0. The quantitative estimate of drug-likeness (QED) is 0.864. The summed E-state index contributed by atoms with van der Waals surface area (Å²) in [7, 11) is 0. The predicted octanol–water partition coefficient (Wildman–Crippen LogP) is 1.78. The van der Waals surface area contributed by atoms with Crippen LogP contribution in [0.4, 0.5) is 5.69 Å². The van der Waals surface area contributed by atoms with E-state index in [0.29, 0.717) is 6.42 Å². The van der Waals surface area contributed by atoms with E-state index >= 15 is 0 Å². The van der Waals surface area contributed by atoms with Gasteiger partial charge in [0.25, 0.3) is 0 Å². The van der Waals surface area contributed by atoms with E-state index in [9.17, 15) is 4.79 Å². The lowest BCUT2D eigenvalue weighted by Gasteiger charge is -2.32. The SMILES string of the molecule is Cc1cc(NC(=O)CC[NH+]2CC(C)OC(C)C2)ccc1Br. The van der Waals surface area contributed by atoms with Crippen LogP contribution in [0.3, 0.4) is 0 Å². The van der Waals surface area contributed by atoms with E-state index < -0.39 is 0 Å². The number of carbonyl (C=O) groups is 1. The first-order chi connectivity index (χ1) is 9.94. The summed E-state index contributed by atoms with van der Waals surface area (Å²) in [5.41, 5.74) is 1.98. The van der Waals surface area contributed by atoms with Crippen LogP contribution in [0.1, 0.15) is 25.8 Å². The molecule has 0 spiro atoms. The number of nitrogens with one attached hydrogen (secondary N) is 2. The molecule has 0 aliphatic carbocycles. The summed E-state index contributed by atoms with van der Waals surface area (Å²) in [4.78, 5) is 13.5. The highest BCUT2D eigenvalue weighted by Crippen LogP contribution is 2.19. The van der Waals surface area contributed by atoms with Crippen LogP contribution in [0, 0.1) is 6.92 Å². The standard InChI is InChI=1S/C16H23BrN2O2/c1-11-8-14(4-5-15(11)17)18-16(20)6-7-19-9-12(2)21-13(3)10-19/h4-5,8,12-13H,6-7,9-10H2,1-3H3,(H,18,20)/p+1. The lowest BCUT2D eigenvalue weighted by atomic mass is 10.2. The number of aryl methyl sites for hydroxylation is 1. The van der Waals surface area contributed by atoms with E-state index in [1.807, 2.05) is 25.1 Å². The summed E-state index contributed by atoms with van der Waals surface area (Å²) in [6.07, 6.45) is 1.10. The fraction of sp³-hybridized carbons (Fsp3) is 0.562. The van der Waals surface area contributed by atoms with Crippen LogP contribution in [0.2, 0.25) is 0 Å². The molecule has 2 unspecified atom stereocenters. The number of hydrogen-bond acceptors (Lipinski definition) is 2. The highest BCUT2D eigenvalue weighted by Gasteiger charge is 2.25. The van der Waals surface area contributed by atoms with Gasteiger partial charge in [-0.25, -0.2) is 0 Å². The molecular formula is C16H24BrN2O2+. The number of rotatable bonds is 4. The van der Waals surface area contributed by atoms with Crippen molar-refractivity contribution in [1.29, 1.82) is 0 Å². The zero-order valence-corrected chi connectivity index (χ0v) is 14.5. The minimum absolute atomic E-state index is 0.0796. The van der Waals surface area contributed by atoms with Gasteiger partial charge in [-0.1, -0.05) is 15.9 Å². The van der Waals surface area contributed by atoms with Crippen molar-refractivity contribution in [3.8, 4) is 0 Å². The van der Waals surface area contributed by atoms with Crippen LogP contribution in [0.25, 0.3) is 0 Å². The van der Waals surface area contributed by atoms with Crippen molar-refractivity contribution in [2.24, 2.45) is 0 Å². The minimum Gasteiger partial charge on any atom is -0.364 e. The Bertz CT molecular complexity index is 497. The molecule has 21 heavy (non-hydrogen) atoms. The van der Waals surface area contributed by atoms with Crippen LogP contribution >= 0.6 is 15.9 Å². The first-order valence-corrected chi connectivity index (χ1v) is 8.28. The average molecular weight is 356 g/mol. The van der Waals surface area contributed by atoms with Crippen molar-refractivity contribution in [1.82, 2.24) is 0 Å². The third-order valence-electron chi connectivity index (χ3n) is 3.76. The van der Waals surface area contributed by atoms with Gasteiger partial charge in [-0.3, -0.25) is 4.79 Å². The van der Waals surface area contributed by atoms with E-state index in [2.05, 4.69) is 35.1 Å². The Morgan fingerprint density at radius 3 is 2.67 bits per heavy atom. The van der Waals surface area contributed by atoms with Crippen LogP contribution in [-0.2, 0) is 9.53 Å². The maximum Gasteiger partial charge on any atom is 0.230 e. The van der Waals surface area contributed by atoms with E-state index in [4.69, 9.17) is 4.74 Å². The second-order valence-electron chi connectivity index (χ2n) is 5.93. The summed E-state index contributed by atoms with van der Waals surface area (Å²) < 4.78 is 6.77. The second kappa shape index (κ2) is 7.38. The van der Waals surface area contributed by atoms with Gasteiger partial charge in [0, 0.05) is 10.2 Å². The monoisotopic (exact) mass is 355 g/mol. The van der Waals surface area contributed by atoms with E-state index in [0.717, 1.165) is 35.4 Å². The van der Waals surface area contributed by atoms with Crippen LogP contribution in [-0.4, -0.2) is 37.7 Å². The molecule has 1 aliphatic rings. The largest absolute Gasteiger partial charge is 0.364 e. The number of benzene rings is 1. The molecule has 2 N–H and O–H groups in total.